The maximum Gasteiger partial charge on any atom is 0.323 e. The Morgan fingerprint density at radius 2 is 1.73 bits per heavy atom. The number of para-hydroxylation sites is 1. The van der Waals surface area contributed by atoms with Crippen molar-refractivity contribution in [3.05, 3.63) is 105 Å². The van der Waals surface area contributed by atoms with Gasteiger partial charge in [0.2, 0.25) is 0 Å². The number of halogens is 1. The number of rotatable bonds is 2. The highest BCUT2D eigenvalue weighted by atomic mass is 79.9. The average molecular weight is 518 g/mol. The van der Waals surface area contributed by atoms with Gasteiger partial charge in [-0.3, -0.25) is 0 Å². The second-order valence-electron chi connectivity index (χ2n) is 8.65. The number of fused-ring (bicyclic) bond motifs is 5. The van der Waals surface area contributed by atoms with Gasteiger partial charge in [0.05, 0.1) is 24.0 Å². The topological polar surface area (TPSA) is 37.3 Å². The lowest BCUT2D eigenvalue weighted by Crippen LogP contribution is -2.38. The molecule has 1 aliphatic heterocycles. The van der Waals surface area contributed by atoms with E-state index in [1.807, 2.05) is 46.6 Å². The lowest BCUT2D eigenvalue weighted by atomic mass is 9.95. The highest BCUT2D eigenvalue weighted by molar-refractivity contribution is 9.10. The van der Waals surface area contributed by atoms with Gasteiger partial charge in [-0.2, -0.15) is 0 Å². The van der Waals surface area contributed by atoms with Crippen LogP contribution >= 0.6 is 27.3 Å². The van der Waals surface area contributed by atoms with Gasteiger partial charge < -0.3 is 14.8 Å². The van der Waals surface area contributed by atoms with Gasteiger partial charge in [-0.15, -0.1) is 11.3 Å². The number of anilines is 1. The number of aryl methyl sites for hydroxylation is 1. The van der Waals surface area contributed by atoms with E-state index in [1.54, 1.807) is 0 Å². The fraction of sp³-hybridized carbons (Fsp3) is 0.222. The quantitative estimate of drug-likeness (QED) is 0.297. The molecule has 1 atom stereocenters. The van der Waals surface area contributed by atoms with Crippen LogP contribution in [0.3, 0.4) is 0 Å². The second kappa shape index (κ2) is 8.50. The minimum absolute atomic E-state index is 0.0906. The molecule has 2 aliphatic rings. The van der Waals surface area contributed by atoms with Gasteiger partial charge in [0.1, 0.15) is 5.00 Å². The van der Waals surface area contributed by atoms with E-state index in [0.717, 1.165) is 34.3 Å². The summed E-state index contributed by atoms with van der Waals surface area (Å²) in [6.45, 7) is 0.596. The molecular formula is C27H24BrN3OS. The van der Waals surface area contributed by atoms with E-state index in [1.165, 1.54) is 33.8 Å². The summed E-state index contributed by atoms with van der Waals surface area (Å²) in [6, 6.07) is 22.1. The van der Waals surface area contributed by atoms with Crippen molar-refractivity contribution < 1.29 is 4.79 Å². The fourth-order valence-corrected chi connectivity index (χ4v) is 6.91. The fourth-order valence-electron chi connectivity index (χ4n) is 5.12. The summed E-state index contributed by atoms with van der Waals surface area (Å²) in [7, 11) is 0. The zero-order valence-electron chi connectivity index (χ0n) is 18.1. The lowest BCUT2D eigenvalue weighted by Gasteiger charge is -2.31. The first-order valence-corrected chi connectivity index (χ1v) is 13.0. The molecule has 2 amide bonds. The minimum atomic E-state index is -0.178. The van der Waals surface area contributed by atoms with Crippen LogP contribution in [0.2, 0.25) is 0 Å². The largest absolute Gasteiger partial charge is 0.323 e. The summed E-state index contributed by atoms with van der Waals surface area (Å²) in [4.78, 5) is 17.4. The van der Waals surface area contributed by atoms with Gasteiger partial charge in [-0.25, -0.2) is 4.79 Å². The maximum absolute atomic E-state index is 13.9. The Balaban J connectivity index is 1.50. The highest BCUT2D eigenvalue weighted by Gasteiger charge is 2.36. The predicted octanol–water partition coefficient (Wildman–Crippen LogP) is 7.32. The smallest absolute Gasteiger partial charge is 0.310 e. The SMILES string of the molecule is O=C(Nc1ccccc1Br)N1Cc2c(sc3c2CCCC3)-n2cccc2[C@@H]1c1ccccc1. The second-order valence-corrected chi connectivity index (χ2v) is 10.6. The summed E-state index contributed by atoms with van der Waals surface area (Å²) >= 11 is 5.49. The third-order valence-corrected chi connectivity index (χ3v) is 8.70. The van der Waals surface area contributed by atoms with Crippen LogP contribution in [0.5, 0.6) is 0 Å². The van der Waals surface area contributed by atoms with Crippen LogP contribution in [0.1, 0.15) is 46.1 Å². The molecule has 4 aromatic rings. The molecule has 1 N–H and O–H groups in total. The van der Waals surface area contributed by atoms with Gasteiger partial charge >= 0.3 is 6.03 Å². The number of urea groups is 1. The van der Waals surface area contributed by atoms with Crippen LogP contribution in [0.25, 0.3) is 5.00 Å². The zero-order valence-corrected chi connectivity index (χ0v) is 20.5. The molecule has 6 rings (SSSR count). The van der Waals surface area contributed by atoms with Crippen LogP contribution < -0.4 is 5.32 Å². The normalized spacial score (nSPS) is 17.0. The molecule has 0 radical (unpaired) electrons. The highest BCUT2D eigenvalue weighted by Crippen LogP contribution is 2.44. The number of benzene rings is 2. The van der Waals surface area contributed by atoms with Crippen LogP contribution in [0, 0.1) is 0 Å². The van der Waals surface area contributed by atoms with Crippen LogP contribution in [-0.2, 0) is 19.4 Å². The Bertz CT molecular complexity index is 1330. The molecule has 166 valence electrons. The molecule has 3 heterocycles. The number of hydrogen-bond donors (Lipinski definition) is 1. The number of amides is 2. The standard InChI is InChI=1S/C27H24BrN3OS/c28-21-12-5-6-13-22(21)29-27(32)31-17-20-19-11-4-7-15-24(19)33-26(20)30-16-8-14-23(30)25(31)18-9-2-1-3-10-18/h1-3,5-6,8-10,12-14,16,25H,4,7,11,15,17H2,(H,29,32)/t25-/m0/s1. The van der Waals surface area contributed by atoms with E-state index in [4.69, 9.17) is 0 Å². The maximum atomic E-state index is 13.9. The third kappa shape index (κ3) is 3.62. The van der Waals surface area contributed by atoms with E-state index in [9.17, 15) is 4.79 Å². The van der Waals surface area contributed by atoms with Crippen molar-refractivity contribution in [2.45, 2.75) is 38.3 Å². The Labute approximate surface area is 206 Å². The minimum Gasteiger partial charge on any atom is -0.310 e. The molecule has 0 fully saturated rings. The van der Waals surface area contributed by atoms with E-state index in [2.05, 4.69) is 68.4 Å². The van der Waals surface area contributed by atoms with Gasteiger partial charge in [0.25, 0.3) is 0 Å². The Morgan fingerprint density at radius 3 is 2.58 bits per heavy atom. The number of nitrogens with zero attached hydrogens (tertiary/aromatic N) is 2. The first-order chi connectivity index (χ1) is 16.2. The van der Waals surface area contributed by atoms with Gasteiger partial charge in [-0.05, 0) is 77.0 Å². The van der Waals surface area contributed by atoms with E-state index >= 15 is 0 Å². The van der Waals surface area contributed by atoms with Crippen molar-refractivity contribution >= 4 is 39.0 Å². The number of aromatic nitrogens is 1. The van der Waals surface area contributed by atoms with E-state index in [0.29, 0.717) is 6.54 Å². The van der Waals surface area contributed by atoms with Crippen molar-refractivity contribution in [2.75, 3.05) is 5.32 Å². The summed E-state index contributed by atoms with van der Waals surface area (Å²) in [6.07, 6.45) is 6.88. The summed E-state index contributed by atoms with van der Waals surface area (Å²) < 4.78 is 3.20. The van der Waals surface area contributed by atoms with Crippen molar-refractivity contribution in [2.24, 2.45) is 0 Å². The number of nitrogens with one attached hydrogen (secondary N) is 1. The number of carbonyl (C=O) groups is 1. The Morgan fingerprint density at radius 1 is 0.939 bits per heavy atom. The third-order valence-electron chi connectivity index (χ3n) is 6.67. The van der Waals surface area contributed by atoms with Crippen LogP contribution in [0.4, 0.5) is 10.5 Å². The molecule has 0 saturated heterocycles. The van der Waals surface area contributed by atoms with Crippen LogP contribution in [0.15, 0.2) is 77.4 Å². The van der Waals surface area contributed by atoms with Crippen molar-refractivity contribution in [3.63, 3.8) is 0 Å². The Hall–Kier alpha value is -2.83. The molecule has 2 aromatic carbocycles. The van der Waals surface area contributed by atoms with Gasteiger partial charge in [0, 0.05) is 21.1 Å². The molecule has 0 spiro atoms. The lowest BCUT2D eigenvalue weighted by molar-refractivity contribution is 0.194. The van der Waals surface area contributed by atoms with Crippen molar-refractivity contribution in [3.8, 4) is 5.00 Å². The average Bonchev–Trinajstić information content (AvgIpc) is 3.43. The molecule has 33 heavy (non-hydrogen) atoms. The Kier molecular flexibility index (Phi) is 5.35. The zero-order chi connectivity index (χ0) is 22.4. The van der Waals surface area contributed by atoms with Crippen molar-refractivity contribution in [1.82, 2.24) is 9.47 Å². The molecule has 1 aliphatic carbocycles. The molecular weight excluding hydrogens is 494 g/mol. The summed E-state index contributed by atoms with van der Waals surface area (Å²) in [5.74, 6) is 0. The first-order valence-electron chi connectivity index (χ1n) is 11.4. The number of hydrogen-bond acceptors (Lipinski definition) is 2. The van der Waals surface area contributed by atoms with E-state index in [-0.39, 0.29) is 12.1 Å². The first kappa shape index (κ1) is 20.8. The van der Waals surface area contributed by atoms with Crippen LogP contribution in [-0.4, -0.2) is 15.5 Å². The van der Waals surface area contributed by atoms with E-state index < -0.39 is 0 Å². The van der Waals surface area contributed by atoms with Crippen molar-refractivity contribution in [1.29, 1.82) is 0 Å². The molecule has 6 heteroatoms. The van der Waals surface area contributed by atoms with Gasteiger partial charge in [-0.1, -0.05) is 42.5 Å². The summed E-state index contributed by atoms with van der Waals surface area (Å²) in [5, 5.41) is 4.44. The molecule has 2 aromatic heterocycles. The molecule has 0 saturated carbocycles. The molecule has 0 unspecified atom stereocenters. The summed E-state index contributed by atoms with van der Waals surface area (Å²) in [5.41, 5.74) is 5.80. The number of carbonyl (C=O) groups excluding carboxylic acids is 1. The van der Waals surface area contributed by atoms with Gasteiger partial charge in [0.15, 0.2) is 0 Å². The molecule has 0 bridgehead atoms. The monoisotopic (exact) mass is 517 g/mol. The predicted molar refractivity (Wildman–Crippen MR) is 137 cm³/mol. The molecule has 4 nitrogen and oxygen atoms in total. The number of thiophene rings is 1.